The van der Waals surface area contributed by atoms with E-state index in [4.69, 9.17) is 4.74 Å². The summed E-state index contributed by atoms with van der Waals surface area (Å²) in [5.41, 5.74) is 5.50. The largest absolute Gasteiger partial charge is 0.467 e. The summed E-state index contributed by atoms with van der Waals surface area (Å²) < 4.78 is 35.8. The van der Waals surface area contributed by atoms with Crippen LogP contribution in [-0.2, 0) is 15.4 Å². The van der Waals surface area contributed by atoms with E-state index in [1.807, 2.05) is 44.2 Å². The molecule has 8 nitrogen and oxygen atoms in total. The molecule has 0 radical (unpaired) electrons. The average molecular weight is 571 g/mol. The molecule has 4 aromatic rings. The molecule has 1 N–H and O–H groups in total. The van der Waals surface area contributed by atoms with Gasteiger partial charge in [0.1, 0.15) is 6.10 Å². The standard InChI is InChI=1S/C32H34N4O4S/c1-20-10-7-11-21(2)29(20)26-18-28-34-31(33-26)35-41(38,39)25-15-9-13-23(17-25)30(37)36(6)19-27(40-28)22-12-8-14-24(16-22)32(3,4)5/h7-18,27H,19H2,1-6H3,(H,33,34,35)/t27-/m0/s1. The summed E-state index contributed by atoms with van der Waals surface area (Å²) in [5, 5.41) is 0. The van der Waals surface area contributed by atoms with E-state index in [2.05, 4.69) is 47.6 Å². The summed E-state index contributed by atoms with van der Waals surface area (Å²) in [6.07, 6.45) is -0.597. The number of benzene rings is 3. The summed E-state index contributed by atoms with van der Waals surface area (Å²) >= 11 is 0. The lowest BCUT2D eigenvalue weighted by Gasteiger charge is -2.27. The van der Waals surface area contributed by atoms with Gasteiger partial charge in [-0.2, -0.15) is 4.98 Å². The number of nitrogens with one attached hydrogen (secondary N) is 1. The number of sulfonamides is 1. The summed E-state index contributed by atoms with van der Waals surface area (Å²) in [7, 11) is -2.43. The number of aryl methyl sites for hydroxylation is 2. The predicted molar refractivity (Wildman–Crippen MR) is 160 cm³/mol. The second kappa shape index (κ2) is 10.6. The summed E-state index contributed by atoms with van der Waals surface area (Å²) in [6, 6.07) is 21.7. The Morgan fingerprint density at radius 3 is 2.32 bits per heavy atom. The summed E-state index contributed by atoms with van der Waals surface area (Å²) in [5.74, 6) is -0.254. The number of likely N-dealkylation sites (N-methyl/N-ethyl adjacent to an activating group) is 1. The fraction of sp³-hybridized carbons (Fsp3) is 0.281. The predicted octanol–water partition coefficient (Wildman–Crippen LogP) is 6.06. The number of hydrogen-bond donors (Lipinski definition) is 1. The number of rotatable bonds is 2. The van der Waals surface area contributed by atoms with Crippen LogP contribution in [0.1, 0.15) is 59.5 Å². The summed E-state index contributed by atoms with van der Waals surface area (Å²) in [6.45, 7) is 10.6. The number of nitrogens with zero attached hydrogens (tertiary/aromatic N) is 3. The van der Waals surface area contributed by atoms with Crippen LogP contribution in [0, 0.1) is 13.8 Å². The number of carbonyl (C=O) groups is 1. The van der Waals surface area contributed by atoms with Gasteiger partial charge in [0.2, 0.25) is 11.8 Å². The van der Waals surface area contributed by atoms with Gasteiger partial charge in [0, 0.05) is 24.2 Å². The number of amides is 1. The van der Waals surface area contributed by atoms with Gasteiger partial charge in [-0.1, -0.05) is 69.3 Å². The minimum Gasteiger partial charge on any atom is -0.467 e. The van der Waals surface area contributed by atoms with Crippen LogP contribution in [0.15, 0.2) is 77.7 Å². The first-order valence-corrected chi connectivity index (χ1v) is 14.9. The molecule has 0 saturated heterocycles. The summed E-state index contributed by atoms with van der Waals surface area (Å²) in [4.78, 5) is 24.0. The Labute approximate surface area is 241 Å². The molecule has 4 bridgehead atoms. The quantitative estimate of drug-likeness (QED) is 0.314. The van der Waals surface area contributed by atoms with Crippen molar-refractivity contribution in [2.75, 3.05) is 18.3 Å². The first-order valence-electron chi connectivity index (χ1n) is 13.4. The van der Waals surface area contributed by atoms with E-state index in [0.29, 0.717) is 5.69 Å². The molecular weight excluding hydrogens is 536 g/mol. The van der Waals surface area contributed by atoms with E-state index in [1.165, 1.54) is 12.1 Å². The van der Waals surface area contributed by atoms with Gasteiger partial charge in [0.25, 0.3) is 15.9 Å². The first kappa shape index (κ1) is 28.3. The Kier molecular flexibility index (Phi) is 7.33. The molecule has 9 heteroatoms. The molecule has 1 aliphatic rings. The fourth-order valence-corrected chi connectivity index (χ4v) is 5.96. The van der Waals surface area contributed by atoms with Gasteiger partial charge in [-0.05, 0) is 59.7 Å². The molecule has 5 rings (SSSR count). The SMILES string of the molecule is Cc1cccc(C)c1-c1cc2nc(n1)NS(=O)(=O)c1cccc(c1)C(=O)N(C)C[C@@H](c1cccc(C(C)(C)C)c1)O2. The van der Waals surface area contributed by atoms with Crippen LogP contribution in [-0.4, -0.2) is 42.8 Å². The van der Waals surface area contributed by atoms with Crippen molar-refractivity contribution < 1.29 is 17.9 Å². The van der Waals surface area contributed by atoms with E-state index in [0.717, 1.165) is 27.8 Å². The van der Waals surface area contributed by atoms with Crippen LogP contribution in [0.25, 0.3) is 11.3 Å². The lowest BCUT2D eigenvalue weighted by atomic mass is 9.85. The molecule has 0 fully saturated rings. The lowest BCUT2D eigenvalue weighted by molar-refractivity contribution is 0.0706. The Morgan fingerprint density at radius 2 is 1.61 bits per heavy atom. The third-order valence-corrected chi connectivity index (χ3v) is 8.56. The molecule has 212 valence electrons. The highest BCUT2D eigenvalue weighted by Gasteiger charge is 2.26. The van der Waals surface area contributed by atoms with Crippen LogP contribution < -0.4 is 9.46 Å². The van der Waals surface area contributed by atoms with Gasteiger partial charge in [-0.15, -0.1) is 0 Å². The number of anilines is 1. The van der Waals surface area contributed by atoms with Crippen molar-refractivity contribution in [3.8, 4) is 17.1 Å². The number of carbonyl (C=O) groups excluding carboxylic acids is 1. The first-order chi connectivity index (χ1) is 19.3. The van der Waals surface area contributed by atoms with Crippen molar-refractivity contribution in [2.45, 2.75) is 51.0 Å². The number of hydrogen-bond acceptors (Lipinski definition) is 6. The molecule has 1 atom stereocenters. The Morgan fingerprint density at radius 1 is 0.927 bits per heavy atom. The van der Waals surface area contributed by atoms with Gasteiger partial charge in [-0.3, -0.25) is 4.79 Å². The van der Waals surface area contributed by atoms with Crippen molar-refractivity contribution in [1.29, 1.82) is 0 Å². The van der Waals surface area contributed by atoms with Gasteiger partial charge in [-0.25, -0.2) is 18.1 Å². The number of fused-ring (bicyclic) bond motifs is 4. The maximum Gasteiger partial charge on any atom is 0.264 e. The van der Waals surface area contributed by atoms with E-state index in [-0.39, 0.29) is 40.2 Å². The zero-order valence-electron chi connectivity index (χ0n) is 24.1. The second-order valence-corrected chi connectivity index (χ2v) is 13.2. The smallest absolute Gasteiger partial charge is 0.264 e. The molecule has 1 aromatic heterocycles. The van der Waals surface area contributed by atoms with Gasteiger partial charge < -0.3 is 9.64 Å². The van der Waals surface area contributed by atoms with Crippen molar-refractivity contribution in [3.63, 3.8) is 0 Å². The fourth-order valence-electron chi connectivity index (χ4n) is 4.97. The molecular formula is C32H34N4O4S. The van der Waals surface area contributed by atoms with E-state index >= 15 is 0 Å². The molecule has 2 heterocycles. The average Bonchev–Trinajstić information content (AvgIpc) is 2.91. The minimum atomic E-state index is -4.11. The van der Waals surface area contributed by atoms with Crippen molar-refractivity contribution in [1.82, 2.24) is 14.9 Å². The Balaban J connectivity index is 1.72. The molecule has 3 aromatic carbocycles. The van der Waals surface area contributed by atoms with Gasteiger partial charge >= 0.3 is 0 Å². The molecule has 0 aliphatic carbocycles. The zero-order valence-corrected chi connectivity index (χ0v) is 24.9. The highest BCUT2D eigenvalue weighted by atomic mass is 32.2. The van der Waals surface area contributed by atoms with Crippen molar-refractivity contribution in [2.24, 2.45) is 0 Å². The topological polar surface area (TPSA) is 101 Å². The molecule has 1 amide bonds. The van der Waals surface area contributed by atoms with Gasteiger partial charge in [0.15, 0.2) is 0 Å². The highest BCUT2D eigenvalue weighted by molar-refractivity contribution is 7.92. The third kappa shape index (κ3) is 5.95. The van der Waals surface area contributed by atoms with Crippen LogP contribution in [0.4, 0.5) is 5.95 Å². The molecule has 0 saturated carbocycles. The molecule has 0 unspecified atom stereocenters. The molecule has 0 spiro atoms. The van der Waals surface area contributed by atoms with Crippen LogP contribution >= 0.6 is 0 Å². The maximum atomic E-state index is 13.5. The van der Waals surface area contributed by atoms with Crippen molar-refractivity contribution in [3.05, 3.63) is 101 Å². The van der Waals surface area contributed by atoms with E-state index < -0.39 is 16.1 Å². The van der Waals surface area contributed by atoms with Crippen LogP contribution in [0.2, 0.25) is 0 Å². The van der Waals surface area contributed by atoms with E-state index in [9.17, 15) is 13.2 Å². The van der Waals surface area contributed by atoms with Crippen molar-refractivity contribution >= 4 is 21.9 Å². The monoisotopic (exact) mass is 570 g/mol. The van der Waals surface area contributed by atoms with E-state index in [1.54, 1.807) is 30.1 Å². The third-order valence-electron chi connectivity index (χ3n) is 7.23. The zero-order chi connectivity index (χ0) is 29.5. The highest BCUT2D eigenvalue weighted by Crippen LogP contribution is 2.33. The van der Waals surface area contributed by atoms with Crippen LogP contribution in [0.5, 0.6) is 5.88 Å². The Hall–Kier alpha value is -4.24. The second-order valence-electron chi connectivity index (χ2n) is 11.5. The van der Waals surface area contributed by atoms with Crippen LogP contribution in [0.3, 0.4) is 0 Å². The molecule has 41 heavy (non-hydrogen) atoms. The number of aromatic nitrogens is 2. The van der Waals surface area contributed by atoms with Gasteiger partial charge in [0.05, 0.1) is 17.1 Å². The minimum absolute atomic E-state index is 0.0611. The number of ether oxygens (including phenoxy) is 1. The Bertz CT molecular complexity index is 1720. The normalized spacial score (nSPS) is 17.0. The molecule has 1 aliphatic heterocycles. The maximum absolute atomic E-state index is 13.5. The lowest BCUT2D eigenvalue weighted by Crippen LogP contribution is -2.33.